The van der Waals surface area contributed by atoms with Gasteiger partial charge in [-0.15, -0.1) is 0 Å². The molecular formula is C28H60N2O2. The Hall–Kier alpha value is -0.160. The maximum absolute atomic E-state index is 9.03. The number of unbranched alkanes of at least 4 members (excludes halogenated alkanes) is 19. The summed E-state index contributed by atoms with van der Waals surface area (Å²) in [5.41, 5.74) is 3.44. The molecule has 194 valence electrons. The first-order valence-electron chi connectivity index (χ1n) is 14.4. The minimum Gasteiger partial charge on any atom is -0.368 e. The summed E-state index contributed by atoms with van der Waals surface area (Å²) in [6.07, 6.45) is 27.4. The van der Waals surface area contributed by atoms with Crippen LogP contribution in [0.25, 0.3) is 0 Å². The van der Waals surface area contributed by atoms with Crippen LogP contribution in [0.4, 0.5) is 0 Å². The molecule has 4 heteroatoms. The van der Waals surface area contributed by atoms with E-state index in [0.29, 0.717) is 19.0 Å². The predicted molar refractivity (Wildman–Crippen MR) is 141 cm³/mol. The molecule has 32 heavy (non-hydrogen) atoms. The summed E-state index contributed by atoms with van der Waals surface area (Å²) in [7, 11) is 0. The Balaban J connectivity index is 3.22. The quantitative estimate of drug-likeness (QED) is 0.0708. The van der Waals surface area contributed by atoms with Crippen molar-refractivity contribution < 1.29 is 10.2 Å². The topological polar surface area (TPSA) is 55.7 Å². The average Bonchev–Trinajstić information content (AvgIpc) is 2.76. The molecular weight excluding hydrogens is 396 g/mol. The van der Waals surface area contributed by atoms with Crippen molar-refractivity contribution >= 4 is 0 Å². The molecule has 0 aromatic rings. The number of nitrogens with one attached hydrogen (secondary N) is 1. The van der Waals surface area contributed by atoms with Crippen LogP contribution in [0.3, 0.4) is 0 Å². The number of hydrogen-bond acceptors (Lipinski definition) is 4. The van der Waals surface area contributed by atoms with Gasteiger partial charge < -0.3 is 10.2 Å². The number of aliphatic hydroxyl groups is 2. The van der Waals surface area contributed by atoms with Crippen LogP contribution < -0.4 is 5.43 Å². The highest BCUT2D eigenvalue weighted by Gasteiger charge is 2.10. The fraction of sp³-hybridized carbons (Fsp3) is 1.00. The second-order valence-corrected chi connectivity index (χ2v) is 10.2. The van der Waals surface area contributed by atoms with Gasteiger partial charge in [-0.2, -0.15) is 0 Å². The molecule has 0 aliphatic heterocycles. The number of aliphatic hydroxyl groups excluding tert-OH is 1. The van der Waals surface area contributed by atoms with E-state index in [9.17, 15) is 0 Å². The van der Waals surface area contributed by atoms with Crippen molar-refractivity contribution in [2.75, 3.05) is 13.1 Å². The highest BCUT2D eigenvalue weighted by atomic mass is 16.5. The summed E-state index contributed by atoms with van der Waals surface area (Å²) in [5.74, 6) is 0. The van der Waals surface area contributed by atoms with Crippen molar-refractivity contribution in [2.45, 2.75) is 168 Å². The van der Waals surface area contributed by atoms with E-state index >= 15 is 0 Å². The van der Waals surface area contributed by atoms with Crippen molar-refractivity contribution in [1.82, 2.24) is 10.4 Å². The zero-order chi connectivity index (χ0) is 23.7. The fourth-order valence-electron chi connectivity index (χ4n) is 4.38. The van der Waals surface area contributed by atoms with Gasteiger partial charge in [0, 0.05) is 25.6 Å². The molecule has 0 aliphatic carbocycles. The normalized spacial score (nSPS) is 12.0. The molecule has 0 aromatic carbocycles. The number of rotatable bonds is 26. The minimum absolute atomic E-state index is 0.374. The lowest BCUT2D eigenvalue weighted by atomic mass is 10.0. The molecule has 0 amide bonds. The van der Waals surface area contributed by atoms with E-state index in [1.54, 1.807) is 0 Å². The van der Waals surface area contributed by atoms with Crippen LogP contribution in [0.5, 0.6) is 0 Å². The second-order valence-electron chi connectivity index (χ2n) is 10.2. The van der Waals surface area contributed by atoms with Gasteiger partial charge in [-0.05, 0) is 20.3 Å². The van der Waals surface area contributed by atoms with Gasteiger partial charge in [0.15, 0.2) is 6.29 Å². The van der Waals surface area contributed by atoms with E-state index in [2.05, 4.69) is 31.2 Å². The molecule has 3 N–H and O–H groups in total. The standard InChI is InChI=1S/C28H60N2O2/c1-4-5-6-7-8-9-10-11-12-13-14-15-16-17-18-19-20-21-22-23-25-29-30(27(2)3)26-24-28(31)32/h27-29,31-32H,4-26H2,1-3H3. The third-order valence-electron chi connectivity index (χ3n) is 6.60. The Morgan fingerprint density at radius 3 is 1.22 bits per heavy atom. The SMILES string of the molecule is CCCCCCCCCCCCCCCCCCCCCCNN(CCC(O)O)C(C)C. The molecule has 0 bridgehead atoms. The summed E-state index contributed by atoms with van der Waals surface area (Å²) in [6.45, 7) is 8.22. The molecule has 0 heterocycles. The highest BCUT2D eigenvalue weighted by molar-refractivity contribution is 4.59. The van der Waals surface area contributed by atoms with Crippen molar-refractivity contribution in [2.24, 2.45) is 0 Å². The van der Waals surface area contributed by atoms with Crippen LogP contribution in [0.2, 0.25) is 0 Å². The van der Waals surface area contributed by atoms with Crippen LogP contribution in [0, 0.1) is 0 Å². The lowest BCUT2D eigenvalue weighted by Crippen LogP contribution is -2.44. The molecule has 0 fully saturated rings. The predicted octanol–water partition coefficient (Wildman–Crippen LogP) is 7.72. The average molecular weight is 457 g/mol. The zero-order valence-electron chi connectivity index (χ0n) is 22.3. The molecule has 0 aliphatic rings. The van der Waals surface area contributed by atoms with Crippen molar-refractivity contribution in [3.05, 3.63) is 0 Å². The van der Waals surface area contributed by atoms with Gasteiger partial charge in [-0.3, -0.25) is 5.43 Å². The van der Waals surface area contributed by atoms with Gasteiger partial charge in [-0.1, -0.05) is 129 Å². The van der Waals surface area contributed by atoms with Crippen molar-refractivity contribution in [3.63, 3.8) is 0 Å². The smallest absolute Gasteiger partial charge is 0.152 e. The number of hydrogen-bond donors (Lipinski definition) is 3. The van der Waals surface area contributed by atoms with Crippen LogP contribution in [0.15, 0.2) is 0 Å². The first kappa shape index (κ1) is 31.8. The molecule has 0 radical (unpaired) electrons. The van der Waals surface area contributed by atoms with Crippen LogP contribution in [0.1, 0.15) is 156 Å². The van der Waals surface area contributed by atoms with Gasteiger partial charge in [0.2, 0.25) is 0 Å². The van der Waals surface area contributed by atoms with E-state index in [4.69, 9.17) is 10.2 Å². The van der Waals surface area contributed by atoms with Crippen LogP contribution >= 0.6 is 0 Å². The van der Waals surface area contributed by atoms with Gasteiger partial charge in [0.25, 0.3) is 0 Å². The van der Waals surface area contributed by atoms with Gasteiger partial charge in [0.05, 0.1) is 0 Å². The monoisotopic (exact) mass is 456 g/mol. The molecule has 0 atom stereocenters. The largest absolute Gasteiger partial charge is 0.368 e. The Morgan fingerprint density at radius 2 is 0.906 bits per heavy atom. The Morgan fingerprint density at radius 1 is 0.562 bits per heavy atom. The summed E-state index contributed by atoms with van der Waals surface area (Å²) in [5, 5.41) is 20.2. The fourth-order valence-corrected chi connectivity index (χ4v) is 4.38. The molecule has 0 saturated heterocycles. The summed E-state index contributed by atoms with van der Waals surface area (Å²) in [6, 6.07) is 0.374. The Bertz CT molecular complexity index is 350. The Kier molecular flexibility index (Phi) is 25.3. The van der Waals surface area contributed by atoms with E-state index < -0.39 is 6.29 Å². The van der Waals surface area contributed by atoms with Crippen LogP contribution in [-0.4, -0.2) is 40.6 Å². The van der Waals surface area contributed by atoms with Gasteiger partial charge >= 0.3 is 0 Å². The maximum atomic E-state index is 9.03. The molecule has 0 rings (SSSR count). The minimum atomic E-state index is -1.21. The molecule has 4 nitrogen and oxygen atoms in total. The van der Waals surface area contributed by atoms with Crippen LogP contribution in [-0.2, 0) is 0 Å². The number of hydrazine groups is 1. The highest BCUT2D eigenvalue weighted by Crippen LogP contribution is 2.14. The molecule has 0 aromatic heterocycles. The molecule has 0 spiro atoms. The number of nitrogens with zero attached hydrogens (tertiary/aromatic N) is 1. The van der Waals surface area contributed by atoms with Crippen molar-refractivity contribution in [3.8, 4) is 0 Å². The first-order valence-corrected chi connectivity index (χ1v) is 14.4. The zero-order valence-corrected chi connectivity index (χ0v) is 22.3. The molecule has 0 unspecified atom stereocenters. The lowest BCUT2D eigenvalue weighted by molar-refractivity contribution is -0.0551. The Labute approximate surface area is 201 Å². The second kappa shape index (κ2) is 25.5. The summed E-state index contributed by atoms with van der Waals surface area (Å²) in [4.78, 5) is 0. The van der Waals surface area contributed by atoms with Gasteiger partial charge in [-0.25, -0.2) is 5.01 Å². The lowest BCUT2D eigenvalue weighted by Gasteiger charge is -2.27. The van der Waals surface area contributed by atoms with Gasteiger partial charge in [0.1, 0.15) is 0 Å². The third kappa shape index (κ3) is 24.5. The first-order chi connectivity index (χ1) is 15.6. The van der Waals surface area contributed by atoms with E-state index in [-0.39, 0.29) is 0 Å². The third-order valence-corrected chi connectivity index (χ3v) is 6.60. The maximum Gasteiger partial charge on any atom is 0.152 e. The molecule has 0 saturated carbocycles. The van der Waals surface area contributed by atoms with E-state index in [0.717, 1.165) is 6.54 Å². The van der Waals surface area contributed by atoms with Crippen molar-refractivity contribution in [1.29, 1.82) is 0 Å². The summed E-state index contributed by atoms with van der Waals surface area (Å²) >= 11 is 0. The van der Waals surface area contributed by atoms with E-state index in [1.807, 2.05) is 0 Å². The summed E-state index contributed by atoms with van der Waals surface area (Å²) < 4.78 is 0. The van der Waals surface area contributed by atoms with E-state index in [1.165, 1.54) is 128 Å².